The van der Waals surface area contributed by atoms with Gasteiger partial charge in [-0.3, -0.25) is 19.7 Å². The first-order valence-electron chi connectivity index (χ1n) is 8.32. The highest BCUT2D eigenvalue weighted by Crippen LogP contribution is 2.23. The molecule has 0 saturated heterocycles. The number of nitrogens with one attached hydrogen (secondary N) is 1. The van der Waals surface area contributed by atoms with Crippen LogP contribution in [0.5, 0.6) is 0 Å². The molecule has 1 amide bonds. The summed E-state index contributed by atoms with van der Waals surface area (Å²) in [6, 6.07) is 11.5. The van der Waals surface area contributed by atoms with Gasteiger partial charge in [0.1, 0.15) is 0 Å². The summed E-state index contributed by atoms with van der Waals surface area (Å²) in [6.45, 7) is -0.438. The van der Waals surface area contributed by atoms with E-state index < -0.39 is 23.4 Å². The molecule has 1 aliphatic carbocycles. The van der Waals surface area contributed by atoms with Crippen LogP contribution in [-0.2, 0) is 33.6 Å². The lowest BCUT2D eigenvalue weighted by atomic mass is 10.0. The van der Waals surface area contributed by atoms with Crippen LogP contribution < -0.4 is 5.32 Å². The van der Waals surface area contributed by atoms with Gasteiger partial charge in [0.2, 0.25) is 0 Å². The van der Waals surface area contributed by atoms with Gasteiger partial charge in [0.15, 0.2) is 6.61 Å². The summed E-state index contributed by atoms with van der Waals surface area (Å²) in [5.41, 5.74) is 3.63. The normalized spacial score (nSPS) is 12.3. The number of benzene rings is 2. The number of ether oxygens (including phenoxy) is 1. The lowest BCUT2D eigenvalue weighted by molar-refractivity contribution is -0.384. The number of carbonyl (C=O) groups excluding carboxylic acids is 2. The largest absolute Gasteiger partial charge is 0.455 e. The molecule has 0 radical (unpaired) electrons. The summed E-state index contributed by atoms with van der Waals surface area (Å²) >= 11 is 0. The number of carbonyl (C=O) groups is 2. The lowest BCUT2D eigenvalue weighted by Gasteiger charge is -2.07. The number of anilines is 1. The second-order valence-corrected chi connectivity index (χ2v) is 6.15. The molecule has 134 valence electrons. The quantitative estimate of drug-likeness (QED) is 0.489. The number of hydrogen-bond donors (Lipinski definition) is 1. The Labute approximate surface area is 150 Å². The van der Waals surface area contributed by atoms with Crippen molar-refractivity contribution < 1.29 is 19.2 Å². The third-order valence-electron chi connectivity index (χ3n) is 4.22. The fraction of sp³-hybridized carbons (Fsp3) is 0.263. The van der Waals surface area contributed by atoms with Gasteiger partial charge in [-0.15, -0.1) is 0 Å². The van der Waals surface area contributed by atoms with Gasteiger partial charge in [0.25, 0.3) is 11.6 Å². The highest BCUT2D eigenvalue weighted by Gasteiger charge is 2.14. The molecule has 0 aromatic heterocycles. The molecule has 0 saturated carbocycles. The van der Waals surface area contributed by atoms with Crippen molar-refractivity contribution in [2.75, 3.05) is 11.9 Å². The molecule has 0 bridgehead atoms. The molecule has 0 fully saturated rings. The number of fused-ring (bicyclic) bond motifs is 1. The molecule has 7 nitrogen and oxygen atoms in total. The molecule has 0 unspecified atom stereocenters. The summed E-state index contributed by atoms with van der Waals surface area (Å²) in [7, 11) is 0. The van der Waals surface area contributed by atoms with E-state index in [1.165, 1.54) is 35.4 Å². The van der Waals surface area contributed by atoms with Crippen molar-refractivity contribution in [2.45, 2.75) is 25.7 Å². The van der Waals surface area contributed by atoms with Gasteiger partial charge in [0, 0.05) is 17.8 Å². The molecule has 7 heteroatoms. The standard InChI is InChI=1S/C19H18N2O5/c22-18(20-16-5-2-6-17(11-16)21(24)25)12-26-19(23)10-13-7-8-14-3-1-4-15(14)9-13/h2,5-9,11H,1,3-4,10,12H2,(H,20,22). The van der Waals surface area contributed by atoms with E-state index in [2.05, 4.69) is 5.32 Å². The Balaban J connectivity index is 1.49. The number of esters is 1. The summed E-state index contributed by atoms with van der Waals surface area (Å²) in [5.74, 6) is -1.04. The van der Waals surface area contributed by atoms with E-state index in [-0.39, 0.29) is 17.8 Å². The Morgan fingerprint density at radius 1 is 1.12 bits per heavy atom. The Kier molecular flexibility index (Phi) is 5.26. The number of hydrogen-bond acceptors (Lipinski definition) is 5. The number of aryl methyl sites for hydroxylation is 2. The number of nitro groups is 1. The molecule has 1 aliphatic rings. The minimum atomic E-state index is -0.549. The molecule has 0 atom stereocenters. The molecule has 0 heterocycles. The Bertz CT molecular complexity index is 863. The lowest BCUT2D eigenvalue weighted by Crippen LogP contribution is -2.21. The second kappa shape index (κ2) is 7.77. The van der Waals surface area contributed by atoms with Crippen LogP contribution in [0.1, 0.15) is 23.1 Å². The van der Waals surface area contributed by atoms with Crippen LogP contribution in [-0.4, -0.2) is 23.4 Å². The third kappa shape index (κ3) is 4.44. The Hall–Kier alpha value is -3.22. The molecular weight excluding hydrogens is 336 g/mol. The van der Waals surface area contributed by atoms with Crippen molar-refractivity contribution in [3.63, 3.8) is 0 Å². The maximum absolute atomic E-state index is 11.9. The fourth-order valence-corrected chi connectivity index (χ4v) is 2.99. The van der Waals surface area contributed by atoms with Gasteiger partial charge in [-0.1, -0.05) is 24.3 Å². The van der Waals surface area contributed by atoms with Crippen LogP contribution in [0.25, 0.3) is 0 Å². The van der Waals surface area contributed by atoms with Gasteiger partial charge < -0.3 is 10.1 Å². The number of non-ortho nitro benzene ring substituents is 1. The first kappa shape index (κ1) is 17.6. The van der Waals surface area contributed by atoms with Gasteiger partial charge in [-0.25, -0.2) is 0 Å². The number of rotatable bonds is 6. The molecule has 3 rings (SSSR count). The zero-order valence-corrected chi connectivity index (χ0v) is 14.1. The monoisotopic (exact) mass is 354 g/mol. The maximum atomic E-state index is 11.9. The number of nitrogens with zero attached hydrogens (tertiary/aromatic N) is 1. The van der Waals surface area contributed by atoms with Crippen molar-refractivity contribution in [1.29, 1.82) is 0 Å². The van der Waals surface area contributed by atoms with E-state index in [0.717, 1.165) is 24.8 Å². The molecule has 0 spiro atoms. The van der Waals surface area contributed by atoms with Crippen molar-refractivity contribution >= 4 is 23.3 Å². The van der Waals surface area contributed by atoms with Crippen LogP contribution in [0.3, 0.4) is 0 Å². The summed E-state index contributed by atoms with van der Waals surface area (Å²) < 4.78 is 4.99. The van der Waals surface area contributed by atoms with E-state index in [1.807, 2.05) is 18.2 Å². The number of nitro benzene ring substituents is 1. The van der Waals surface area contributed by atoms with Gasteiger partial charge >= 0.3 is 5.97 Å². The van der Waals surface area contributed by atoms with E-state index in [1.54, 1.807) is 0 Å². The Morgan fingerprint density at radius 3 is 2.73 bits per heavy atom. The first-order valence-corrected chi connectivity index (χ1v) is 8.32. The minimum Gasteiger partial charge on any atom is -0.455 e. The second-order valence-electron chi connectivity index (χ2n) is 6.15. The van der Waals surface area contributed by atoms with Crippen LogP contribution in [0.15, 0.2) is 42.5 Å². The van der Waals surface area contributed by atoms with Crippen molar-refractivity contribution in [2.24, 2.45) is 0 Å². The van der Waals surface area contributed by atoms with Gasteiger partial charge in [0.05, 0.1) is 11.3 Å². The molecule has 1 N–H and O–H groups in total. The SMILES string of the molecule is O=C(COC(=O)Cc1ccc2c(c1)CCC2)Nc1cccc([N+](=O)[O-])c1. The third-order valence-corrected chi connectivity index (χ3v) is 4.22. The van der Waals surface area contributed by atoms with Gasteiger partial charge in [-0.2, -0.15) is 0 Å². The van der Waals surface area contributed by atoms with E-state index in [9.17, 15) is 19.7 Å². The molecule has 2 aromatic carbocycles. The van der Waals surface area contributed by atoms with Crippen LogP contribution in [0.2, 0.25) is 0 Å². The fourth-order valence-electron chi connectivity index (χ4n) is 2.99. The topological polar surface area (TPSA) is 98.5 Å². The average Bonchev–Trinajstić information content (AvgIpc) is 3.08. The molecular formula is C19H18N2O5. The zero-order valence-electron chi connectivity index (χ0n) is 14.1. The van der Waals surface area contributed by atoms with E-state index in [4.69, 9.17) is 4.74 Å². The predicted octanol–water partition coefficient (Wildman–Crippen LogP) is 2.81. The maximum Gasteiger partial charge on any atom is 0.310 e. The van der Waals surface area contributed by atoms with E-state index >= 15 is 0 Å². The van der Waals surface area contributed by atoms with Crippen LogP contribution >= 0.6 is 0 Å². The molecule has 2 aromatic rings. The Morgan fingerprint density at radius 2 is 1.92 bits per heavy atom. The summed E-state index contributed by atoms with van der Waals surface area (Å²) in [6.07, 6.45) is 3.36. The van der Waals surface area contributed by atoms with Crippen LogP contribution in [0, 0.1) is 10.1 Å². The summed E-state index contributed by atoms with van der Waals surface area (Å²) in [4.78, 5) is 33.9. The van der Waals surface area contributed by atoms with Crippen molar-refractivity contribution in [3.05, 3.63) is 69.3 Å². The summed E-state index contributed by atoms with van der Waals surface area (Å²) in [5, 5.41) is 13.2. The number of amides is 1. The van der Waals surface area contributed by atoms with Crippen LogP contribution in [0.4, 0.5) is 11.4 Å². The van der Waals surface area contributed by atoms with Gasteiger partial charge in [-0.05, 0) is 42.0 Å². The molecule has 0 aliphatic heterocycles. The highest BCUT2D eigenvalue weighted by molar-refractivity contribution is 5.93. The molecule has 26 heavy (non-hydrogen) atoms. The predicted molar refractivity (Wildman–Crippen MR) is 94.9 cm³/mol. The highest BCUT2D eigenvalue weighted by atomic mass is 16.6. The van der Waals surface area contributed by atoms with Crippen molar-refractivity contribution in [1.82, 2.24) is 0 Å². The van der Waals surface area contributed by atoms with Crippen molar-refractivity contribution in [3.8, 4) is 0 Å². The first-order chi connectivity index (χ1) is 12.5. The minimum absolute atomic E-state index is 0.109. The van der Waals surface area contributed by atoms with E-state index in [0.29, 0.717) is 0 Å². The smallest absolute Gasteiger partial charge is 0.310 e. The average molecular weight is 354 g/mol. The zero-order chi connectivity index (χ0) is 18.5.